The fourth-order valence-corrected chi connectivity index (χ4v) is 5.43. The zero-order valence-electron chi connectivity index (χ0n) is 24.5. The first-order valence-electron chi connectivity index (χ1n) is 14.1. The molecule has 0 spiro atoms. The van der Waals surface area contributed by atoms with Crippen LogP contribution in [-0.2, 0) is 11.2 Å². The van der Waals surface area contributed by atoms with Gasteiger partial charge in [-0.3, -0.25) is 9.59 Å². The van der Waals surface area contributed by atoms with Crippen molar-refractivity contribution in [3.8, 4) is 5.75 Å². The van der Waals surface area contributed by atoms with Crippen LogP contribution in [-0.4, -0.2) is 91.2 Å². The van der Waals surface area contributed by atoms with Crippen molar-refractivity contribution in [2.45, 2.75) is 12.8 Å². The van der Waals surface area contributed by atoms with Crippen LogP contribution in [0.25, 0.3) is 11.3 Å². The predicted octanol–water partition coefficient (Wildman–Crippen LogP) is 3.44. The minimum Gasteiger partial charge on any atom is -0.495 e. The van der Waals surface area contributed by atoms with Crippen molar-refractivity contribution in [2.75, 3.05) is 59.2 Å². The Balaban J connectivity index is 1.36. The van der Waals surface area contributed by atoms with Crippen LogP contribution in [0.5, 0.6) is 5.75 Å². The largest absolute Gasteiger partial charge is 0.495 e. The fourth-order valence-electron chi connectivity index (χ4n) is 5.20. The van der Waals surface area contributed by atoms with Gasteiger partial charge >= 0.3 is 0 Å². The number of benzene rings is 2. The third kappa shape index (κ3) is 6.63. The van der Waals surface area contributed by atoms with Gasteiger partial charge in [0.2, 0.25) is 11.9 Å². The minimum atomic E-state index is -0.371. The van der Waals surface area contributed by atoms with E-state index >= 15 is 0 Å². The molecular weight excluding hydrogens is 568 g/mol. The molecule has 0 bridgehead atoms. The first-order chi connectivity index (χ1) is 20.8. The normalized spacial score (nSPS) is 16.3. The van der Waals surface area contributed by atoms with Gasteiger partial charge in [-0.1, -0.05) is 29.8 Å². The number of aromatic nitrogens is 2. The summed E-state index contributed by atoms with van der Waals surface area (Å²) in [6, 6.07) is 12.5. The van der Waals surface area contributed by atoms with Crippen molar-refractivity contribution in [1.82, 2.24) is 30.4 Å². The summed E-state index contributed by atoms with van der Waals surface area (Å²) in [7, 11) is 5.34. The number of hydrogen-bond acceptors (Lipinski definition) is 9. The summed E-state index contributed by atoms with van der Waals surface area (Å²) in [6.07, 6.45) is 2.98. The van der Waals surface area contributed by atoms with Gasteiger partial charge in [0.25, 0.3) is 5.91 Å². The van der Waals surface area contributed by atoms with Gasteiger partial charge in [-0.15, -0.1) is 0 Å². The lowest BCUT2D eigenvalue weighted by Gasteiger charge is -2.32. The first kappa shape index (κ1) is 30.0. The molecule has 0 radical (unpaired) electrons. The van der Waals surface area contributed by atoms with Crippen molar-refractivity contribution in [2.24, 2.45) is 0 Å². The summed E-state index contributed by atoms with van der Waals surface area (Å²) >= 11 is 6.52. The Morgan fingerprint density at radius 3 is 2.58 bits per heavy atom. The number of allylic oxidation sites excluding steroid dienone is 1. The smallest absolute Gasteiger partial charge is 0.251 e. The number of fused-ring (bicyclic) bond motifs is 1. The number of aryl methyl sites for hydroxylation is 1. The van der Waals surface area contributed by atoms with Gasteiger partial charge in [0.15, 0.2) is 0 Å². The Kier molecular flexibility index (Phi) is 9.22. The fraction of sp³-hybridized carbons (Fsp3) is 0.323. The molecule has 2 aromatic carbocycles. The van der Waals surface area contributed by atoms with E-state index in [1.54, 1.807) is 36.3 Å². The molecule has 1 aliphatic carbocycles. The maximum Gasteiger partial charge on any atom is 0.251 e. The molecule has 1 aliphatic heterocycles. The molecule has 2 heterocycles. The molecule has 5 rings (SSSR count). The standard InChI is InChI=1S/C31H35ClN8O3/c1-34-29(21-6-4-5-7-22(21)32)27-23(33)10-8-20-17-36-31(38-28(20)27)37-24-11-9-19(16-25(24)43-3)30(42)35-18-26(41)40-14-12-39(2)13-15-40/h4-7,9,11,16-17,33-34H,8,10,12-15,18H2,1-3H3,(H,35,42)(H,36,37,38)/b29-27+,33-23?. The number of rotatable bonds is 8. The maximum absolute atomic E-state index is 12.9. The number of piperazine rings is 1. The minimum absolute atomic E-state index is 0.0680. The van der Waals surface area contributed by atoms with E-state index in [1.165, 1.54) is 7.11 Å². The van der Waals surface area contributed by atoms with Crippen LogP contribution in [0.15, 0.2) is 48.7 Å². The van der Waals surface area contributed by atoms with E-state index in [9.17, 15) is 9.59 Å². The number of likely N-dealkylation sites (N-methyl/N-ethyl adjacent to an activating group) is 1. The molecule has 224 valence electrons. The van der Waals surface area contributed by atoms with Gasteiger partial charge in [0.1, 0.15) is 5.75 Å². The number of carbonyl (C=O) groups is 2. The zero-order chi connectivity index (χ0) is 30.5. The predicted molar refractivity (Wildman–Crippen MR) is 168 cm³/mol. The summed E-state index contributed by atoms with van der Waals surface area (Å²) in [4.78, 5) is 38.6. The summed E-state index contributed by atoms with van der Waals surface area (Å²) in [6.45, 7) is 2.87. The van der Waals surface area contributed by atoms with Crippen molar-refractivity contribution < 1.29 is 14.3 Å². The monoisotopic (exact) mass is 602 g/mol. The molecule has 0 atom stereocenters. The lowest BCUT2D eigenvalue weighted by molar-refractivity contribution is -0.131. The second kappa shape index (κ2) is 13.2. The van der Waals surface area contributed by atoms with E-state index in [4.69, 9.17) is 26.7 Å². The molecular formula is C31H35ClN8O3. The quantitative estimate of drug-likeness (QED) is 0.308. The van der Waals surface area contributed by atoms with Crippen LogP contribution in [0.2, 0.25) is 5.02 Å². The van der Waals surface area contributed by atoms with Crippen molar-refractivity contribution in [1.29, 1.82) is 5.41 Å². The highest BCUT2D eigenvalue weighted by atomic mass is 35.5. The van der Waals surface area contributed by atoms with E-state index in [1.807, 2.05) is 31.3 Å². The lowest BCUT2D eigenvalue weighted by atomic mass is 9.87. The number of methoxy groups -OCH3 is 1. The molecule has 43 heavy (non-hydrogen) atoms. The van der Waals surface area contributed by atoms with Crippen LogP contribution in [0.3, 0.4) is 0 Å². The molecule has 0 unspecified atom stereocenters. The van der Waals surface area contributed by atoms with Gasteiger partial charge in [-0.25, -0.2) is 9.97 Å². The molecule has 2 aliphatic rings. The second-order valence-corrected chi connectivity index (χ2v) is 10.8. The summed E-state index contributed by atoms with van der Waals surface area (Å²) in [5.41, 5.74) is 5.14. The van der Waals surface area contributed by atoms with Crippen molar-refractivity contribution >= 4 is 52.0 Å². The van der Waals surface area contributed by atoms with Gasteiger partial charge in [0.05, 0.1) is 30.7 Å². The lowest BCUT2D eigenvalue weighted by Crippen LogP contribution is -2.50. The molecule has 4 N–H and O–H groups in total. The number of carbonyl (C=O) groups excluding carboxylic acids is 2. The second-order valence-electron chi connectivity index (χ2n) is 10.4. The Morgan fingerprint density at radius 1 is 1.09 bits per heavy atom. The highest BCUT2D eigenvalue weighted by Gasteiger charge is 2.26. The molecule has 3 aromatic rings. The highest BCUT2D eigenvalue weighted by molar-refractivity contribution is 6.35. The molecule has 1 saturated heterocycles. The van der Waals surface area contributed by atoms with E-state index in [2.05, 4.69) is 25.8 Å². The molecule has 11 nitrogen and oxygen atoms in total. The van der Waals surface area contributed by atoms with E-state index in [0.29, 0.717) is 70.9 Å². The molecule has 1 fully saturated rings. The van der Waals surface area contributed by atoms with Gasteiger partial charge in [-0.05, 0) is 49.7 Å². The first-order valence-corrected chi connectivity index (χ1v) is 14.5. The van der Waals surface area contributed by atoms with E-state index < -0.39 is 0 Å². The summed E-state index contributed by atoms with van der Waals surface area (Å²) < 4.78 is 5.57. The van der Waals surface area contributed by atoms with Gasteiger partial charge in [-0.2, -0.15) is 0 Å². The average molecular weight is 603 g/mol. The zero-order valence-corrected chi connectivity index (χ0v) is 25.2. The van der Waals surface area contributed by atoms with Gasteiger partial charge < -0.3 is 35.9 Å². The average Bonchev–Trinajstić information content (AvgIpc) is 3.02. The Labute approximate surface area is 255 Å². The summed E-state index contributed by atoms with van der Waals surface area (Å²) in [5, 5.41) is 18.5. The highest BCUT2D eigenvalue weighted by Crippen LogP contribution is 2.35. The number of anilines is 2. The molecule has 1 aromatic heterocycles. The third-order valence-electron chi connectivity index (χ3n) is 7.66. The molecule has 2 amide bonds. The SMILES string of the molecule is CN/C(=C1\C(=N)CCc2cnc(Nc3ccc(C(=O)NCC(=O)N4CCN(C)CC4)cc3OC)nc21)c1ccccc1Cl. The van der Waals surface area contributed by atoms with Crippen LogP contribution in [0, 0.1) is 5.41 Å². The van der Waals surface area contributed by atoms with Crippen molar-refractivity contribution in [3.05, 3.63) is 76.1 Å². The topological polar surface area (TPSA) is 136 Å². The number of ether oxygens (including phenoxy) is 1. The van der Waals surface area contributed by atoms with E-state index in [-0.39, 0.29) is 18.4 Å². The number of nitrogens with zero attached hydrogens (tertiary/aromatic N) is 4. The molecule has 0 saturated carbocycles. The third-order valence-corrected chi connectivity index (χ3v) is 7.99. The van der Waals surface area contributed by atoms with Crippen LogP contribution < -0.4 is 20.7 Å². The van der Waals surface area contributed by atoms with E-state index in [0.717, 1.165) is 29.9 Å². The van der Waals surface area contributed by atoms with Crippen LogP contribution in [0.4, 0.5) is 11.6 Å². The Morgan fingerprint density at radius 2 is 1.86 bits per heavy atom. The van der Waals surface area contributed by atoms with Crippen molar-refractivity contribution in [3.63, 3.8) is 0 Å². The molecule has 12 heteroatoms. The van der Waals surface area contributed by atoms with Crippen LogP contribution >= 0.6 is 11.6 Å². The number of nitrogens with one attached hydrogen (secondary N) is 4. The van der Waals surface area contributed by atoms with Crippen LogP contribution in [0.1, 0.15) is 33.6 Å². The summed E-state index contributed by atoms with van der Waals surface area (Å²) in [5.74, 6) is 0.252. The maximum atomic E-state index is 12.9. The number of hydrogen-bond donors (Lipinski definition) is 4. The van der Waals surface area contributed by atoms with Gasteiger partial charge in [0, 0.05) is 66.9 Å². The Bertz CT molecular complexity index is 1580. The number of amides is 2. The number of halogens is 1. The Hall–Kier alpha value is -4.48.